The van der Waals surface area contributed by atoms with Crippen molar-refractivity contribution >= 4 is 5.91 Å². The lowest BCUT2D eigenvalue weighted by molar-refractivity contribution is -0.137. The first kappa shape index (κ1) is 19.2. The molecule has 0 N–H and O–H groups in total. The first-order valence-corrected chi connectivity index (χ1v) is 10.1. The maximum Gasteiger partial charge on any atom is 0.239 e. The predicted molar refractivity (Wildman–Crippen MR) is 104 cm³/mol. The summed E-state index contributed by atoms with van der Waals surface area (Å²) in [5.41, 5.74) is 1.28. The van der Waals surface area contributed by atoms with Crippen LogP contribution in [0, 0.1) is 0 Å². The van der Waals surface area contributed by atoms with E-state index in [0.717, 1.165) is 57.9 Å². The number of ether oxygens (including phenoxy) is 1. The third-order valence-corrected chi connectivity index (χ3v) is 5.57. The van der Waals surface area contributed by atoms with Crippen LogP contribution in [0.5, 0.6) is 5.75 Å². The number of nitrogens with zero attached hydrogens (tertiary/aromatic N) is 3. The number of benzene rings is 1. The number of carbonyl (C=O) groups excluding carboxylic acids is 1. The molecule has 5 heteroatoms. The Hall–Kier alpha value is -1.59. The minimum atomic E-state index is 0.0955. The van der Waals surface area contributed by atoms with E-state index in [-0.39, 0.29) is 6.04 Å². The number of likely N-dealkylation sites (tertiary alicyclic amines) is 1. The lowest BCUT2D eigenvalue weighted by Crippen LogP contribution is -2.50. The molecule has 2 aliphatic heterocycles. The summed E-state index contributed by atoms with van der Waals surface area (Å²) in [7, 11) is 2.09. The molecule has 1 aromatic carbocycles. The van der Waals surface area contributed by atoms with Crippen molar-refractivity contribution in [1.82, 2.24) is 14.7 Å². The van der Waals surface area contributed by atoms with Gasteiger partial charge in [-0.2, -0.15) is 0 Å². The van der Waals surface area contributed by atoms with Gasteiger partial charge in [0.05, 0.1) is 12.6 Å². The van der Waals surface area contributed by atoms with Crippen molar-refractivity contribution in [2.24, 2.45) is 0 Å². The minimum absolute atomic E-state index is 0.0955. The average Bonchev–Trinajstić information content (AvgIpc) is 2.88. The molecule has 0 bridgehead atoms. The van der Waals surface area contributed by atoms with Crippen LogP contribution in [0.25, 0.3) is 0 Å². The molecule has 1 aromatic rings. The van der Waals surface area contributed by atoms with E-state index in [0.29, 0.717) is 12.5 Å². The Morgan fingerprint density at radius 2 is 2.00 bits per heavy atom. The van der Waals surface area contributed by atoms with E-state index in [1.165, 1.54) is 18.4 Å². The van der Waals surface area contributed by atoms with Gasteiger partial charge < -0.3 is 9.64 Å². The van der Waals surface area contributed by atoms with Crippen molar-refractivity contribution in [1.29, 1.82) is 0 Å². The lowest BCUT2D eigenvalue weighted by Gasteiger charge is -2.35. The van der Waals surface area contributed by atoms with E-state index in [9.17, 15) is 4.79 Å². The second-order valence-corrected chi connectivity index (χ2v) is 7.53. The van der Waals surface area contributed by atoms with Crippen molar-refractivity contribution in [2.75, 3.05) is 46.4 Å². The first-order valence-electron chi connectivity index (χ1n) is 10.1. The summed E-state index contributed by atoms with van der Waals surface area (Å²) in [6, 6.07) is 8.46. The molecule has 2 aliphatic rings. The predicted octanol–water partition coefficient (Wildman–Crippen LogP) is 2.60. The van der Waals surface area contributed by atoms with Gasteiger partial charge in [0.25, 0.3) is 0 Å². The van der Waals surface area contributed by atoms with Gasteiger partial charge in [0, 0.05) is 32.7 Å². The second-order valence-electron chi connectivity index (χ2n) is 7.53. The normalized spacial score (nSPS) is 22.8. The van der Waals surface area contributed by atoms with Crippen LogP contribution in [-0.4, -0.2) is 73.0 Å². The maximum absolute atomic E-state index is 12.9. The second kappa shape index (κ2) is 9.38. The fraction of sp³-hybridized carbons (Fsp3) is 0.667. The summed E-state index contributed by atoms with van der Waals surface area (Å²) in [5, 5.41) is 0. The van der Waals surface area contributed by atoms with Gasteiger partial charge in [-0.15, -0.1) is 0 Å². The average molecular weight is 360 g/mol. The summed E-state index contributed by atoms with van der Waals surface area (Å²) in [6.07, 6.45) is 4.46. The van der Waals surface area contributed by atoms with Crippen LogP contribution in [0.2, 0.25) is 0 Å². The third-order valence-electron chi connectivity index (χ3n) is 5.57. The minimum Gasteiger partial charge on any atom is -0.494 e. The van der Waals surface area contributed by atoms with Crippen molar-refractivity contribution in [2.45, 2.75) is 45.2 Å². The smallest absolute Gasteiger partial charge is 0.239 e. The fourth-order valence-electron chi connectivity index (χ4n) is 4.11. The van der Waals surface area contributed by atoms with Crippen molar-refractivity contribution in [3.63, 3.8) is 0 Å². The van der Waals surface area contributed by atoms with Crippen LogP contribution >= 0.6 is 0 Å². The first-order chi connectivity index (χ1) is 12.7. The monoisotopic (exact) mass is 359 g/mol. The Bertz CT molecular complexity index is 592. The number of carbonyl (C=O) groups is 1. The molecular formula is C21H33N3O2. The number of rotatable bonds is 5. The molecule has 0 spiro atoms. The van der Waals surface area contributed by atoms with Crippen LogP contribution in [0.1, 0.15) is 38.2 Å². The molecule has 2 fully saturated rings. The molecule has 1 atom stereocenters. The van der Waals surface area contributed by atoms with Crippen molar-refractivity contribution < 1.29 is 9.53 Å². The highest BCUT2D eigenvalue weighted by Gasteiger charge is 2.30. The molecule has 0 aliphatic carbocycles. The van der Waals surface area contributed by atoms with Crippen LogP contribution < -0.4 is 4.74 Å². The summed E-state index contributed by atoms with van der Waals surface area (Å²) in [4.78, 5) is 19.8. The highest BCUT2D eigenvalue weighted by Crippen LogP contribution is 2.19. The van der Waals surface area contributed by atoms with Crippen LogP contribution in [0.4, 0.5) is 0 Å². The summed E-state index contributed by atoms with van der Waals surface area (Å²) in [6.45, 7) is 8.40. The zero-order valence-electron chi connectivity index (χ0n) is 16.3. The number of hydrogen-bond donors (Lipinski definition) is 0. The highest BCUT2D eigenvalue weighted by molar-refractivity contribution is 5.82. The Labute approximate surface area is 157 Å². The Balaban J connectivity index is 1.54. The van der Waals surface area contributed by atoms with Gasteiger partial charge in [0.15, 0.2) is 0 Å². The van der Waals surface area contributed by atoms with Crippen molar-refractivity contribution in [3.05, 3.63) is 29.8 Å². The standard InChI is InChI=1S/C21H33N3O2/c1-3-26-19-9-6-8-18(16-19)17-23-12-7-13-24(15-14-23)21(25)20-10-4-5-11-22(20)2/h6,8-9,16,20H,3-5,7,10-15,17H2,1-2H3. The number of piperidine rings is 1. The fourth-order valence-corrected chi connectivity index (χ4v) is 4.11. The van der Waals surface area contributed by atoms with E-state index >= 15 is 0 Å². The lowest BCUT2D eigenvalue weighted by atomic mass is 10.0. The summed E-state index contributed by atoms with van der Waals surface area (Å²) < 4.78 is 5.61. The zero-order valence-corrected chi connectivity index (χ0v) is 16.3. The Kier molecular flexibility index (Phi) is 6.92. The Morgan fingerprint density at radius 3 is 2.81 bits per heavy atom. The SMILES string of the molecule is CCOc1cccc(CN2CCCN(C(=O)C3CCCCN3C)CC2)c1. The molecule has 5 nitrogen and oxygen atoms in total. The molecule has 1 unspecified atom stereocenters. The van der Waals surface area contributed by atoms with Gasteiger partial charge in [-0.05, 0) is 57.5 Å². The largest absolute Gasteiger partial charge is 0.494 e. The summed E-state index contributed by atoms with van der Waals surface area (Å²) in [5.74, 6) is 1.28. The molecule has 3 rings (SSSR count). The Morgan fingerprint density at radius 1 is 1.12 bits per heavy atom. The van der Waals surface area contributed by atoms with Gasteiger partial charge in [-0.3, -0.25) is 14.6 Å². The van der Waals surface area contributed by atoms with E-state index in [1.54, 1.807) is 0 Å². The third kappa shape index (κ3) is 4.98. The van der Waals surface area contributed by atoms with Crippen LogP contribution in [-0.2, 0) is 11.3 Å². The molecule has 144 valence electrons. The molecule has 0 aromatic heterocycles. The molecule has 26 heavy (non-hydrogen) atoms. The van der Waals surface area contributed by atoms with Gasteiger partial charge in [0.2, 0.25) is 5.91 Å². The van der Waals surface area contributed by atoms with Crippen molar-refractivity contribution in [3.8, 4) is 5.75 Å². The van der Waals surface area contributed by atoms with E-state index in [2.05, 4.69) is 39.9 Å². The molecule has 0 radical (unpaired) electrons. The van der Waals surface area contributed by atoms with E-state index in [4.69, 9.17) is 4.74 Å². The van der Waals surface area contributed by atoms with Gasteiger partial charge in [-0.1, -0.05) is 18.6 Å². The van der Waals surface area contributed by atoms with Gasteiger partial charge in [-0.25, -0.2) is 0 Å². The van der Waals surface area contributed by atoms with Gasteiger partial charge >= 0.3 is 0 Å². The topological polar surface area (TPSA) is 36.0 Å². The van der Waals surface area contributed by atoms with Crippen LogP contribution in [0.3, 0.4) is 0 Å². The molecule has 2 heterocycles. The van der Waals surface area contributed by atoms with Crippen LogP contribution in [0.15, 0.2) is 24.3 Å². The molecule has 2 saturated heterocycles. The van der Waals surface area contributed by atoms with E-state index < -0.39 is 0 Å². The number of amides is 1. The molecule has 1 amide bonds. The molecule has 0 saturated carbocycles. The van der Waals surface area contributed by atoms with E-state index in [1.807, 2.05) is 13.0 Å². The number of hydrogen-bond acceptors (Lipinski definition) is 4. The highest BCUT2D eigenvalue weighted by atomic mass is 16.5. The van der Waals surface area contributed by atoms with Gasteiger partial charge in [0.1, 0.15) is 5.75 Å². The number of likely N-dealkylation sites (N-methyl/N-ethyl adjacent to an activating group) is 1. The maximum atomic E-state index is 12.9. The molecular weight excluding hydrogens is 326 g/mol. The quantitative estimate of drug-likeness (QED) is 0.810. The zero-order chi connectivity index (χ0) is 18.4. The summed E-state index contributed by atoms with van der Waals surface area (Å²) >= 11 is 0.